The van der Waals surface area contributed by atoms with Gasteiger partial charge in [0.15, 0.2) is 0 Å². The minimum absolute atomic E-state index is 0.579. The van der Waals surface area contributed by atoms with Crippen molar-refractivity contribution in [3.8, 4) is 5.69 Å². The zero-order chi connectivity index (χ0) is 13.9. The molecule has 0 aliphatic carbocycles. The van der Waals surface area contributed by atoms with Crippen LogP contribution in [0, 0.1) is 0 Å². The smallest absolute Gasteiger partial charge is 0.0832 e. The summed E-state index contributed by atoms with van der Waals surface area (Å²) in [6, 6.07) is 9.86. The van der Waals surface area contributed by atoms with E-state index >= 15 is 0 Å². The molecule has 3 rings (SSSR count). The maximum absolute atomic E-state index is 6.31. The molecule has 106 valence electrons. The first-order valence-electron chi connectivity index (χ1n) is 6.66. The molecule has 0 radical (unpaired) electrons. The Morgan fingerprint density at radius 3 is 2.65 bits per heavy atom. The van der Waals surface area contributed by atoms with Crippen molar-refractivity contribution in [2.75, 3.05) is 26.3 Å². The predicted octanol–water partition coefficient (Wildman–Crippen LogP) is 3.62. The Bertz CT molecular complexity index is 591. The normalized spacial score (nSPS) is 16.5. The molecule has 1 aliphatic heterocycles. The highest BCUT2D eigenvalue weighted by Crippen LogP contribution is 2.29. The van der Waals surface area contributed by atoms with E-state index in [1.54, 1.807) is 6.07 Å². The van der Waals surface area contributed by atoms with Gasteiger partial charge in [-0.15, -0.1) is 0 Å². The van der Waals surface area contributed by atoms with E-state index in [0.29, 0.717) is 10.0 Å². The number of nitrogens with zero attached hydrogens (tertiary/aromatic N) is 2. The number of hydrogen-bond acceptors (Lipinski definition) is 2. The van der Waals surface area contributed by atoms with E-state index in [2.05, 4.69) is 15.5 Å². The van der Waals surface area contributed by atoms with Gasteiger partial charge in [0.2, 0.25) is 0 Å². The van der Waals surface area contributed by atoms with Crippen LogP contribution in [0.25, 0.3) is 5.69 Å². The molecule has 0 saturated carbocycles. The maximum Gasteiger partial charge on any atom is 0.0832 e. The Kier molecular flexibility index (Phi) is 4.32. The summed E-state index contributed by atoms with van der Waals surface area (Å²) in [4.78, 5) is 2.38. The van der Waals surface area contributed by atoms with E-state index in [1.807, 2.05) is 24.4 Å². The second-order valence-corrected chi connectivity index (χ2v) is 5.62. The lowest BCUT2D eigenvalue weighted by Gasteiger charge is -2.27. The SMILES string of the molecule is Clc1cccc(-n2cccc2CN2CCOCC2)c1Cl. The van der Waals surface area contributed by atoms with Crippen LogP contribution in [0.3, 0.4) is 0 Å². The highest BCUT2D eigenvalue weighted by Gasteiger charge is 2.14. The Morgan fingerprint density at radius 1 is 1.05 bits per heavy atom. The molecule has 3 nitrogen and oxygen atoms in total. The van der Waals surface area contributed by atoms with Gasteiger partial charge in [-0.2, -0.15) is 0 Å². The van der Waals surface area contributed by atoms with Crippen LogP contribution >= 0.6 is 23.2 Å². The van der Waals surface area contributed by atoms with Gasteiger partial charge in [0, 0.05) is 31.5 Å². The summed E-state index contributed by atoms with van der Waals surface area (Å²) < 4.78 is 7.48. The summed E-state index contributed by atoms with van der Waals surface area (Å²) in [5, 5.41) is 1.17. The Labute approximate surface area is 128 Å². The quantitative estimate of drug-likeness (QED) is 0.861. The summed E-state index contributed by atoms with van der Waals surface area (Å²) in [6.07, 6.45) is 2.02. The fraction of sp³-hybridized carbons (Fsp3) is 0.333. The molecule has 5 heteroatoms. The van der Waals surface area contributed by atoms with E-state index in [4.69, 9.17) is 27.9 Å². The standard InChI is InChI=1S/C15H16Cl2N2O/c16-13-4-1-5-14(15(13)17)19-6-2-3-12(19)11-18-7-9-20-10-8-18/h1-6H,7-11H2. The average molecular weight is 311 g/mol. The summed E-state index contributed by atoms with van der Waals surface area (Å²) in [5.41, 5.74) is 2.13. The Morgan fingerprint density at radius 2 is 1.85 bits per heavy atom. The predicted molar refractivity (Wildman–Crippen MR) is 81.9 cm³/mol. The Balaban J connectivity index is 1.87. The van der Waals surface area contributed by atoms with Crippen molar-refractivity contribution in [2.24, 2.45) is 0 Å². The first-order chi connectivity index (χ1) is 9.75. The van der Waals surface area contributed by atoms with Crippen LogP contribution in [-0.2, 0) is 11.3 Å². The van der Waals surface area contributed by atoms with Crippen LogP contribution in [0.1, 0.15) is 5.69 Å². The lowest BCUT2D eigenvalue weighted by Crippen LogP contribution is -2.36. The minimum atomic E-state index is 0.579. The number of benzene rings is 1. The van der Waals surface area contributed by atoms with Crippen LogP contribution in [-0.4, -0.2) is 35.8 Å². The van der Waals surface area contributed by atoms with Crippen molar-refractivity contribution in [3.05, 3.63) is 52.3 Å². The first-order valence-corrected chi connectivity index (χ1v) is 7.42. The monoisotopic (exact) mass is 310 g/mol. The molecule has 1 saturated heterocycles. The highest BCUT2D eigenvalue weighted by atomic mass is 35.5. The van der Waals surface area contributed by atoms with Gasteiger partial charge >= 0.3 is 0 Å². The largest absolute Gasteiger partial charge is 0.379 e. The Hall–Kier alpha value is -1.00. The minimum Gasteiger partial charge on any atom is -0.379 e. The maximum atomic E-state index is 6.31. The average Bonchev–Trinajstić information content (AvgIpc) is 2.91. The molecule has 2 heterocycles. The van der Waals surface area contributed by atoms with Crippen LogP contribution in [0.5, 0.6) is 0 Å². The van der Waals surface area contributed by atoms with Crippen molar-refractivity contribution in [1.82, 2.24) is 9.47 Å². The number of hydrogen-bond donors (Lipinski definition) is 0. The second kappa shape index (κ2) is 6.19. The molecular formula is C15H16Cl2N2O. The van der Waals surface area contributed by atoms with Gasteiger partial charge < -0.3 is 9.30 Å². The molecule has 0 bridgehead atoms. The fourth-order valence-corrected chi connectivity index (χ4v) is 2.83. The third kappa shape index (κ3) is 2.86. The molecule has 1 aliphatic rings. The number of halogens is 2. The summed E-state index contributed by atoms with van der Waals surface area (Å²) in [7, 11) is 0. The molecule has 1 aromatic heterocycles. The number of ether oxygens (including phenoxy) is 1. The van der Waals surface area contributed by atoms with E-state index in [1.165, 1.54) is 5.69 Å². The van der Waals surface area contributed by atoms with Gasteiger partial charge in [0.25, 0.3) is 0 Å². The summed E-state index contributed by atoms with van der Waals surface area (Å²) >= 11 is 12.4. The lowest BCUT2D eigenvalue weighted by atomic mass is 10.3. The topological polar surface area (TPSA) is 17.4 Å². The van der Waals surface area contributed by atoms with Gasteiger partial charge in [-0.1, -0.05) is 29.3 Å². The third-order valence-corrected chi connectivity index (χ3v) is 4.32. The molecule has 0 unspecified atom stereocenters. The molecule has 0 atom stereocenters. The van der Waals surface area contributed by atoms with Gasteiger partial charge in [0.05, 0.1) is 28.9 Å². The molecule has 0 amide bonds. The van der Waals surface area contributed by atoms with Crippen molar-refractivity contribution >= 4 is 23.2 Å². The van der Waals surface area contributed by atoms with E-state index in [-0.39, 0.29) is 0 Å². The zero-order valence-corrected chi connectivity index (χ0v) is 12.6. The fourth-order valence-electron chi connectivity index (χ4n) is 2.45. The zero-order valence-electron chi connectivity index (χ0n) is 11.1. The van der Waals surface area contributed by atoms with Crippen molar-refractivity contribution < 1.29 is 4.74 Å². The molecule has 1 aromatic carbocycles. The van der Waals surface area contributed by atoms with Crippen LogP contribution < -0.4 is 0 Å². The molecule has 0 spiro atoms. The van der Waals surface area contributed by atoms with Gasteiger partial charge in [-0.05, 0) is 24.3 Å². The first kappa shape index (κ1) is 14.0. The molecule has 0 N–H and O–H groups in total. The van der Waals surface area contributed by atoms with Gasteiger partial charge in [0.1, 0.15) is 0 Å². The van der Waals surface area contributed by atoms with Crippen LogP contribution in [0.2, 0.25) is 10.0 Å². The highest BCUT2D eigenvalue weighted by molar-refractivity contribution is 6.43. The van der Waals surface area contributed by atoms with Gasteiger partial charge in [-0.3, -0.25) is 4.90 Å². The van der Waals surface area contributed by atoms with E-state index in [0.717, 1.165) is 38.5 Å². The van der Waals surface area contributed by atoms with E-state index < -0.39 is 0 Å². The molecule has 1 fully saturated rings. The number of aromatic nitrogens is 1. The number of morpholine rings is 1. The van der Waals surface area contributed by atoms with E-state index in [9.17, 15) is 0 Å². The van der Waals surface area contributed by atoms with Crippen LogP contribution in [0.4, 0.5) is 0 Å². The summed E-state index contributed by atoms with van der Waals surface area (Å²) in [5.74, 6) is 0. The molecule has 2 aromatic rings. The van der Waals surface area contributed by atoms with Crippen molar-refractivity contribution in [3.63, 3.8) is 0 Å². The van der Waals surface area contributed by atoms with Crippen LogP contribution in [0.15, 0.2) is 36.5 Å². The third-order valence-electron chi connectivity index (χ3n) is 3.51. The lowest BCUT2D eigenvalue weighted by molar-refractivity contribution is 0.0334. The summed E-state index contributed by atoms with van der Waals surface area (Å²) in [6.45, 7) is 4.43. The van der Waals surface area contributed by atoms with Crippen molar-refractivity contribution in [1.29, 1.82) is 0 Å². The van der Waals surface area contributed by atoms with Gasteiger partial charge in [-0.25, -0.2) is 0 Å². The van der Waals surface area contributed by atoms with Crippen molar-refractivity contribution in [2.45, 2.75) is 6.54 Å². The second-order valence-electron chi connectivity index (χ2n) is 4.83. The molecule has 20 heavy (non-hydrogen) atoms. The molecular weight excluding hydrogens is 295 g/mol. The number of rotatable bonds is 3.